The lowest BCUT2D eigenvalue weighted by Gasteiger charge is -2.05. The number of aryl methyl sites for hydroxylation is 2. The maximum atomic E-state index is 14.3. The third-order valence-electron chi connectivity index (χ3n) is 4.93. The van der Waals surface area contributed by atoms with Gasteiger partial charge in [-0.3, -0.25) is 0 Å². The second-order valence-electron chi connectivity index (χ2n) is 7.80. The van der Waals surface area contributed by atoms with Crippen molar-refractivity contribution in [3.05, 3.63) is 71.1 Å². The zero-order valence-electron chi connectivity index (χ0n) is 18.4. The topological polar surface area (TPSA) is 68.0 Å². The Morgan fingerprint density at radius 3 is 2.52 bits per heavy atom. The largest absolute Gasteiger partial charge is 0.476 e. The van der Waals surface area contributed by atoms with Gasteiger partial charge in [0.1, 0.15) is 11.6 Å². The number of rotatable bonds is 6. The normalized spacial score (nSPS) is 11.4. The van der Waals surface area contributed by atoms with Crippen LogP contribution >= 0.6 is 23.1 Å². The second-order valence-corrected chi connectivity index (χ2v) is 10.6. The van der Waals surface area contributed by atoms with Crippen molar-refractivity contribution in [2.24, 2.45) is 0 Å². The molecule has 2 heterocycles. The van der Waals surface area contributed by atoms with Crippen LogP contribution < -0.4 is 0 Å². The van der Waals surface area contributed by atoms with Crippen molar-refractivity contribution < 1.29 is 18.7 Å². The van der Waals surface area contributed by atoms with E-state index in [1.807, 2.05) is 13.8 Å². The summed E-state index contributed by atoms with van der Waals surface area (Å²) in [5, 5.41) is 15.0. The number of carboxylic acid groups (broad SMARTS) is 1. The van der Waals surface area contributed by atoms with Crippen molar-refractivity contribution in [1.29, 1.82) is 0 Å². The Morgan fingerprint density at radius 2 is 1.88 bits per heavy atom. The number of hydrogen-bond donors (Lipinski definition) is 1. The van der Waals surface area contributed by atoms with Crippen LogP contribution in [-0.4, -0.2) is 31.1 Å². The number of thioether (sulfide) groups is 1. The first-order valence-corrected chi connectivity index (χ1v) is 11.9. The summed E-state index contributed by atoms with van der Waals surface area (Å²) < 4.78 is 30.2. The first kappa shape index (κ1) is 23.1. The zero-order chi connectivity index (χ0) is 23.9. The van der Waals surface area contributed by atoms with Gasteiger partial charge < -0.3 is 5.11 Å². The monoisotopic (exact) mass is 485 g/mol. The highest BCUT2D eigenvalue weighted by atomic mass is 32.2. The molecule has 9 heteroatoms. The van der Waals surface area contributed by atoms with Gasteiger partial charge in [0.25, 0.3) is 0 Å². The van der Waals surface area contributed by atoms with Gasteiger partial charge in [-0.05, 0) is 43.2 Å². The molecule has 0 aliphatic rings. The van der Waals surface area contributed by atoms with E-state index < -0.39 is 11.8 Å². The number of aromatic nitrogens is 3. The molecule has 0 spiro atoms. The number of hydrogen-bond acceptors (Lipinski definition) is 5. The molecule has 0 unspecified atom stereocenters. The van der Waals surface area contributed by atoms with E-state index in [0.29, 0.717) is 38.8 Å². The van der Waals surface area contributed by atoms with Gasteiger partial charge in [0, 0.05) is 16.4 Å². The fraction of sp³-hybridized carbons (Fsp3) is 0.208. The average molecular weight is 486 g/mol. The Bertz CT molecular complexity index is 1360. The summed E-state index contributed by atoms with van der Waals surface area (Å²) in [6.07, 6.45) is 0. The van der Waals surface area contributed by atoms with E-state index in [4.69, 9.17) is 0 Å². The van der Waals surface area contributed by atoms with E-state index in [0.717, 1.165) is 4.21 Å². The van der Waals surface area contributed by atoms with Crippen LogP contribution in [0, 0.1) is 25.5 Å². The minimum Gasteiger partial charge on any atom is -0.476 e. The highest BCUT2D eigenvalue weighted by Gasteiger charge is 2.27. The molecule has 1 N–H and O–H groups in total. The maximum Gasteiger partial charge on any atom is 0.355 e. The van der Waals surface area contributed by atoms with Crippen LogP contribution in [0.5, 0.6) is 0 Å². The van der Waals surface area contributed by atoms with Crippen LogP contribution in [0.1, 0.15) is 35.6 Å². The lowest BCUT2D eigenvalue weighted by Crippen LogP contribution is -2.09. The number of thiazole rings is 1. The maximum absolute atomic E-state index is 14.3. The third kappa shape index (κ3) is 4.56. The molecule has 0 aliphatic carbocycles. The van der Waals surface area contributed by atoms with Crippen LogP contribution in [0.3, 0.4) is 0 Å². The van der Waals surface area contributed by atoms with Gasteiger partial charge in [-0.25, -0.2) is 18.6 Å². The molecule has 0 aliphatic heterocycles. The Hall–Kier alpha value is -3.04. The summed E-state index contributed by atoms with van der Waals surface area (Å²) >= 11 is 2.85. The quantitative estimate of drug-likeness (QED) is 0.306. The number of carbonyl (C=O) groups is 1. The second kappa shape index (κ2) is 9.07. The highest BCUT2D eigenvalue weighted by Crippen LogP contribution is 2.41. The fourth-order valence-electron chi connectivity index (χ4n) is 3.46. The molecule has 170 valence electrons. The molecule has 0 fully saturated rings. The van der Waals surface area contributed by atoms with Crippen LogP contribution in [0.2, 0.25) is 0 Å². The number of aromatic carboxylic acids is 1. The average Bonchev–Trinajstić information content (AvgIpc) is 3.30. The van der Waals surface area contributed by atoms with Gasteiger partial charge in [-0.1, -0.05) is 49.4 Å². The number of halogens is 2. The minimum absolute atomic E-state index is 0.102. The van der Waals surface area contributed by atoms with Gasteiger partial charge in [0.15, 0.2) is 5.69 Å². The molecule has 0 saturated heterocycles. The van der Waals surface area contributed by atoms with Crippen molar-refractivity contribution in [3.8, 4) is 27.5 Å². The first-order chi connectivity index (χ1) is 15.7. The fourth-order valence-corrected chi connectivity index (χ4v) is 5.93. The molecule has 33 heavy (non-hydrogen) atoms. The van der Waals surface area contributed by atoms with Crippen LogP contribution in [0.15, 0.2) is 46.7 Å². The lowest BCUT2D eigenvalue weighted by atomic mass is 10.0. The molecular weight excluding hydrogens is 464 g/mol. The van der Waals surface area contributed by atoms with Crippen LogP contribution in [0.25, 0.3) is 27.5 Å². The molecule has 4 aromatic rings. The van der Waals surface area contributed by atoms with E-state index in [2.05, 4.69) is 10.1 Å². The summed E-state index contributed by atoms with van der Waals surface area (Å²) in [6, 6.07) is 10.7. The molecule has 0 amide bonds. The Balaban J connectivity index is 1.92. The van der Waals surface area contributed by atoms with Gasteiger partial charge in [-0.15, -0.1) is 11.8 Å². The molecule has 0 radical (unpaired) electrons. The summed E-state index contributed by atoms with van der Waals surface area (Å²) in [5.74, 6) is -2.01. The molecule has 5 nitrogen and oxygen atoms in total. The van der Waals surface area contributed by atoms with Gasteiger partial charge >= 0.3 is 5.97 Å². The molecule has 2 aromatic heterocycles. The van der Waals surface area contributed by atoms with E-state index in [9.17, 15) is 18.7 Å². The van der Waals surface area contributed by atoms with Crippen molar-refractivity contribution >= 4 is 29.1 Å². The molecular formula is C24H21F2N3O2S2. The first-order valence-electron chi connectivity index (χ1n) is 10.2. The number of nitrogens with zero attached hydrogens (tertiary/aromatic N) is 3. The smallest absolute Gasteiger partial charge is 0.355 e. The van der Waals surface area contributed by atoms with E-state index in [1.54, 1.807) is 43.8 Å². The number of carboxylic acids is 1. The van der Waals surface area contributed by atoms with Gasteiger partial charge in [-0.2, -0.15) is 9.78 Å². The summed E-state index contributed by atoms with van der Waals surface area (Å²) in [5.41, 5.74) is 2.80. The van der Waals surface area contributed by atoms with Crippen LogP contribution in [-0.2, 0) is 0 Å². The van der Waals surface area contributed by atoms with E-state index in [-0.39, 0.29) is 16.8 Å². The summed E-state index contributed by atoms with van der Waals surface area (Å²) in [4.78, 5) is 17.0. The minimum atomic E-state index is -1.20. The highest BCUT2D eigenvalue weighted by molar-refractivity contribution is 8.01. The molecule has 2 aromatic carbocycles. The summed E-state index contributed by atoms with van der Waals surface area (Å²) in [6.45, 7) is 7.44. The predicted octanol–water partition coefficient (Wildman–Crippen LogP) is 6.76. The Kier molecular flexibility index (Phi) is 6.36. The molecule has 0 saturated carbocycles. The lowest BCUT2D eigenvalue weighted by molar-refractivity contribution is 0.0688. The molecule has 4 rings (SSSR count). The molecule has 0 atom stereocenters. The number of benzene rings is 2. The van der Waals surface area contributed by atoms with E-state index in [1.165, 1.54) is 40.3 Å². The van der Waals surface area contributed by atoms with Gasteiger partial charge in [0.05, 0.1) is 15.6 Å². The van der Waals surface area contributed by atoms with Crippen molar-refractivity contribution in [2.75, 3.05) is 0 Å². The van der Waals surface area contributed by atoms with Crippen molar-refractivity contribution in [2.45, 2.75) is 37.2 Å². The third-order valence-corrected chi connectivity index (χ3v) is 7.17. The Labute approximate surface area is 198 Å². The van der Waals surface area contributed by atoms with Crippen LogP contribution in [0.4, 0.5) is 8.78 Å². The predicted molar refractivity (Wildman–Crippen MR) is 127 cm³/mol. The van der Waals surface area contributed by atoms with Crippen molar-refractivity contribution in [1.82, 2.24) is 14.8 Å². The van der Waals surface area contributed by atoms with Gasteiger partial charge in [0.2, 0.25) is 5.13 Å². The SMILES string of the molecule is Cc1ccc(-c2nc(-n3nc(C)c(-c4cccc(F)c4)c3C(=O)O)sc2SC(C)C)cc1F. The van der Waals surface area contributed by atoms with E-state index >= 15 is 0 Å². The zero-order valence-corrected chi connectivity index (χ0v) is 20.0. The van der Waals surface area contributed by atoms with Crippen molar-refractivity contribution in [3.63, 3.8) is 0 Å². The molecule has 0 bridgehead atoms. The Morgan fingerprint density at radius 1 is 1.12 bits per heavy atom. The standard InChI is InChI=1S/C24H21F2N3O2S2/c1-12(2)32-23-20(16-9-8-13(3)18(26)11-16)27-24(33-23)29-21(22(30)31)19(14(4)28-29)15-6-5-7-17(25)10-15/h5-12H,1-4H3,(H,30,31). The summed E-state index contributed by atoms with van der Waals surface area (Å²) in [7, 11) is 0.